The zero-order valence-electron chi connectivity index (χ0n) is 12.9. The molecular formula is C17H23N3O2. The molecule has 0 unspecified atom stereocenters. The van der Waals surface area contributed by atoms with Crippen LogP contribution >= 0.6 is 0 Å². The van der Waals surface area contributed by atoms with Crippen molar-refractivity contribution in [2.45, 2.75) is 57.2 Å². The Morgan fingerprint density at radius 3 is 2.82 bits per heavy atom. The molecule has 3 atom stereocenters. The van der Waals surface area contributed by atoms with Crippen LogP contribution in [0.5, 0.6) is 0 Å². The summed E-state index contributed by atoms with van der Waals surface area (Å²) in [4.78, 5) is 24.3. The number of hydrogen-bond donors (Lipinski definition) is 3. The summed E-state index contributed by atoms with van der Waals surface area (Å²) in [5.74, 6) is -0.185. The number of anilines is 1. The molecule has 3 rings (SSSR count). The molecule has 22 heavy (non-hydrogen) atoms. The van der Waals surface area contributed by atoms with Gasteiger partial charge in [0.2, 0.25) is 11.8 Å². The van der Waals surface area contributed by atoms with Gasteiger partial charge in [-0.05, 0) is 37.5 Å². The highest BCUT2D eigenvalue weighted by Crippen LogP contribution is 2.22. The Morgan fingerprint density at radius 1 is 1.27 bits per heavy atom. The Morgan fingerprint density at radius 2 is 2.05 bits per heavy atom. The number of nitrogens with one attached hydrogen (secondary N) is 3. The van der Waals surface area contributed by atoms with Gasteiger partial charge >= 0.3 is 0 Å². The number of benzene rings is 1. The van der Waals surface area contributed by atoms with E-state index >= 15 is 0 Å². The lowest BCUT2D eigenvalue weighted by molar-refractivity contribution is -0.129. The predicted octanol–water partition coefficient (Wildman–Crippen LogP) is 1.72. The highest BCUT2D eigenvalue weighted by atomic mass is 16.2. The van der Waals surface area contributed by atoms with E-state index in [2.05, 4.69) is 16.0 Å². The van der Waals surface area contributed by atoms with Crippen LogP contribution in [0.2, 0.25) is 0 Å². The normalized spacial score (nSPS) is 27.7. The molecule has 3 N–H and O–H groups in total. The fourth-order valence-electron chi connectivity index (χ4n) is 3.39. The molecule has 1 aliphatic carbocycles. The van der Waals surface area contributed by atoms with Crippen LogP contribution in [0.15, 0.2) is 24.3 Å². The lowest BCUT2D eigenvalue weighted by Gasteiger charge is -2.40. The Bertz CT molecular complexity index is 573. The molecule has 0 radical (unpaired) electrons. The maximum Gasteiger partial charge on any atom is 0.237 e. The lowest BCUT2D eigenvalue weighted by Crippen LogP contribution is -2.65. The van der Waals surface area contributed by atoms with E-state index in [1.54, 1.807) is 0 Å². The minimum absolute atomic E-state index is 0.0532. The molecule has 1 heterocycles. The van der Waals surface area contributed by atoms with Gasteiger partial charge in [0.15, 0.2) is 0 Å². The van der Waals surface area contributed by atoms with Crippen molar-refractivity contribution in [3.8, 4) is 0 Å². The summed E-state index contributed by atoms with van der Waals surface area (Å²) in [7, 11) is 0. The molecule has 0 spiro atoms. The molecule has 2 aliphatic rings. The Kier molecular flexibility index (Phi) is 4.43. The van der Waals surface area contributed by atoms with Crippen LogP contribution in [0.4, 0.5) is 5.69 Å². The molecule has 2 fully saturated rings. The third-order valence-corrected chi connectivity index (χ3v) is 4.52. The number of hydrogen-bond acceptors (Lipinski definition) is 3. The molecule has 1 aliphatic heterocycles. The summed E-state index contributed by atoms with van der Waals surface area (Å²) in [6.45, 7) is 1.98. The summed E-state index contributed by atoms with van der Waals surface area (Å²) in [5, 5.41) is 9.29. The van der Waals surface area contributed by atoms with Crippen molar-refractivity contribution >= 4 is 17.5 Å². The van der Waals surface area contributed by atoms with Gasteiger partial charge in [0.25, 0.3) is 0 Å². The Labute approximate surface area is 130 Å². The molecule has 5 nitrogen and oxygen atoms in total. The third-order valence-electron chi connectivity index (χ3n) is 4.52. The van der Waals surface area contributed by atoms with Crippen LogP contribution in [0.25, 0.3) is 0 Å². The van der Waals surface area contributed by atoms with Crippen LogP contribution in [0.1, 0.15) is 37.7 Å². The lowest BCUT2D eigenvalue weighted by atomic mass is 9.87. The fourth-order valence-corrected chi connectivity index (χ4v) is 3.39. The quantitative estimate of drug-likeness (QED) is 0.796. The molecule has 1 aromatic carbocycles. The third kappa shape index (κ3) is 3.47. The average molecular weight is 301 g/mol. The van der Waals surface area contributed by atoms with E-state index in [1.165, 1.54) is 12.8 Å². The number of fused-ring (bicyclic) bond motifs is 1. The standard InChI is InChI=1S/C17H23N3O2/c1-11-5-4-6-12(9-11)18-16(21)10-15-17(22)20-14-8-3-2-7-13(14)19-15/h4-6,9,13-15,19H,2-3,7-8,10H2,1H3,(H,18,21)(H,20,22)/t13-,14-,15+/m1/s1. The summed E-state index contributed by atoms with van der Waals surface area (Å²) < 4.78 is 0. The Hall–Kier alpha value is -1.88. The van der Waals surface area contributed by atoms with Crippen molar-refractivity contribution < 1.29 is 9.59 Å². The second-order valence-electron chi connectivity index (χ2n) is 6.35. The number of amides is 2. The van der Waals surface area contributed by atoms with Gasteiger partial charge in [-0.25, -0.2) is 0 Å². The topological polar surface area (TPSA) is 70.2 Å². The summed E-state index contributed by atoms with van der Waals surface area (Å²) in [5.41, 5.74) is 1.87. The van der Waals surface area contributed by atoms with Crippen molar-refractivity contribution in [1.29, 1.82) is 0 Å². The highest BCUT2D eigenvalue weighted by Gasteiger charge is 2.36. The largest absolute Gasteiger partial charge is 0.350 e. The average Bonchev–Trinajstić information content (AvgIpc) is 2.48. The van der Waals surface area contributed by atoms with Gasteiger partial charge in [0.1, 0.15) is 0 Å². The maximum absolute atomic E-state index is 12.2. The molecular weight excluding hydrogens is 278 g/mol. The van der Waals surface area contributed by atoms with Gasteiger partial charge in [0, 0.05) is 17.8 Å². The monoisotopic (exact) mass is 301 g/mol. The van der Waals surface area contributed by atoms with E-state index in [0.717, 1.165) is 24.1 Å². The highest BCUT2D eigenvalue weighted by molar-refractivity contribution is 5.95. The summed E-state index contributed by atoms with van der Waals surface area (Å²) in [6, 6.07) is 7.78. The van der Waals surface area contributed by atoms with E-state index in [4.69, 9.17) is 0 Å². The van der Waals surface area contributed by atoms with Gasteiger partial charge < -0.3 is 16.0 Å². The maximum atomic E-state index is 12.2. The molecule has 1 saturated heterocycles. The van der Waals surface area contributed by atoms with E-state index in [9.17, 15) is 9.59 Å². The van der Waals surface area contributed by atoms with Gasteiger partial charge in [-0.3, -0.25) is 9.59 Å². The number of piperazine rings is 1. The van der Waals surface area contributed by atoms with Crippen molar-refractivity contribution in [2.24, 2.45) is 0 Å². The zero-order chi connectivity index (χ0) is 15.5. The van der Waals surface area contributed by atoms with E-state index in [1.807, 2.05) is 31.2 Å². The van der Waals surface area contributed by atoms with E-state index < -0.39 is 6.04 Å². The first-order valence-corrected chi connectivity index (χ1v) is 8.05. The molecule has 1 aromatic rings. The van der Waals surface area contributed by atoms with Crippen molar-refractivity contribution in [1.82, 2.24) is 10.6 Å². The number of rotatable bonds is 3. The van der Waals surface area contributed by atoms with Gasteiger partial charge in [-0.15, -0.1) is 0 Å². The molecule has 0 aromatic heterocycles. The number of carbonyl (C=O) groups is 2. The molecule has 1 saturated carbocycles. The zero-order valence-corrected chi connectivity index (χ0v) is 12.9. The van der Waals surface area contributed by atoms with Crippen LogP contribution in [-0.2, 0) is 9.59 Å². The van der Waals surface area contributed by atoms with Crippen LogP contribution in [0, 0.1) is 6.92 Å². The smallest absolute Gasteiger partial charge is 0.237 e. The molecule has 118 valence electrons. The second-order valence-corrected chi connectivity index (χ2v) is 6.35. The van der Waals surface area contributed by atoms with Gasteiger partial charge in [0.05, 0.1) is 12.5 Å². The van der Waals surface area contributed by atoms with Crippen molar-refractivity contribution in [2.75, 3.05) is 5.32 Å². The first-order valence-electron chi connectivity index (χ1n) is 8.05. The summed E-state index contributed by atoms with van der Waals surface area (Å²) >= 11 is 0. The number of aryl methyl sites for hydroxylation is 1. The van der Waals surface area contributed by atoms with Crippen LogP contribution in [0.3, 0.4) is 0 Å². The molecule has 5 heteroatoms. The van der Waals surface area contributed by atoms with Crippen LogP contribution < -0.4 is 16.0 Å². The second kappa shape index (κ2) is 6.48. The summed E-state index contributed by atoms with van der Waals surface area (Å²) in [6.07, 6.45) is 4.63. The first-order chi connectivity index (χ1) is 10.6. The molecule has 0 bridgehead atoms. The molecule has 2 amide bonds. The van der Waals surface area contributed by atoms with Crippen LogP contribution in [-0.4, -0.2) is 29.9 Å². The minimum atomic E-state index is -0.427. The number of carbonyl (C=O) groups excluding carboxylic acids is 2. The van der Waals surface area contributed by atoms with Gasteiger partial charge in [-0.1, -0.05) is 25.0 Å². The van der Waals surface area contributed by atoms with Crippen molar-refractivity contribution in [3.63, 3.8) is 0 Å². The van der Waals surface area contributed by atoms with Crippen molar-refractivity contribution in [3.05, 3.63) is 29.8 Å². The van der Waals surface area contributed by atoms with E-state index in [-0.39, 0.29) is 24.3 Å². The Balaban J connectivity index is 1.57. The van der Waals surface area contributed by atoms with Gasteiger partial charge in [-0.2, -0.15) is 0 Å². The van der Waals surface area contributed by atoms with E-state index in [0.29, 0.717) is 6.04 Å². The predicted molar refractivity (Wildman–Crippen MR) is 85.5 cm³/mol. The first kappa shape index (κ1) is 15.0. The fraction of sp³-hybridized carbons (Fsp3) is 0.529. The SMILES string of the molecule is Cc1cccc(NC(=O)C[C@@H]2N[C@@H]3CCCC[C@H]3NC2=O)c1. The minimum Gasteiger partial charge on any atom is -0.350 e.